The molecule has 2 aliphatic heterocycles. The molecule has 0 saturated carbocycles. The number of piperidine rings is 1. The highest BCUT2D eigenvalue weighted by atomic mass is 16.2. The molecular formula is C9H15N3O2. The van der Waals surface area contributed by atoms with Crippen molar-refractivity contribution in [3.05, 3.63) is 0 Å². The van der Waals surface area contributed by atoms with E-state index in [1.54, 1.807) is 4.90 Å². The van der Waals surface area contributed by atoms with Gasteiger partial charge in [-0.3, -0.25) is 9.59 Å². The second-order valence-corrected chi connectivity index (χ2v) is 3.74. The minimum atomic E-state index is -0.449. The zero-order valence-electron chi connectivity index (χ0n) is 8.08. The molecule has 2 aliphatic rings. The van der Waals surface area contributed by atoms with Gasteiger partial charge >= 0.3 is 11.8 Å². The Hall–Kier alpha value is -1.10. The molecule has 5 nitrogen and oxygen atoms in total. The van der Waals surface area contributed by atoms with E-state index in [4.69, 9.17) is 0 Å². The van der Waals surface area contributed by atoms with Gasteiger partial charge in [-0.15, -0.1) is 0 Å². The summed E-state index contributed by atoms with van der Waals surface area (Å²) in [6.07, 6.45) is 1.91. The third kappa shape index (κ3) is 1.72. The first-order valence-corrected chi connectivity index (χ1v) is 5.08. The van der Waals surface area contributed by atoms with Crippen molar-refractivity contribution in [1.29, 1.82) is 0 Å². The molecule has 0 bridgehead atoms. The van der Waals surface area contributed by atoms with Gasteiger partial charge in [-0.1, -0.05) is 0 Å². The summed E-state index contributed by atoms with van der Waals surface area (Å²) in [7, 11) is 0. The van der Waals surface area contributed by atoms with Crippen LogP contribution in [-0.4, -0.2) is 48.9 Å². The second-order valence-electron chi connectivity index (χ2n) is 3.74. The highest BCUT2D eigenvalue weighted by Crippen LogP contribution is 2.13. The molecule has 0 aromatic rings. The van der Waals surface area contributed by atoms with Gasteiger partial charge in [0.2, 0.25) is 0 Å². The summed E-state index contributed by atoms with van der Waals surface area (Å²) in [4.78, 5) is 24.4. The van der Waals surface area contributed by atoms with Crippen LogP contribution in [0.2, 0.25) is 0 Å². The first kappa shape index (κ1) is 9.45. The van der Waals surface area contributed by atoms with Crippen LogP contribution in [-0.2, 0) is 9.59 Å². The smallest absolute Gasteiger partial charge is 0.312 e. The summed E-state index contributed by atoms with van der Waals surface area (Å²) in [5.41, 5.74) is 0. The van der Waals surface area contributed by atoms with Gasteiger partial charge in [-0.2, -0.15) is 0 Å². The van der Waals surface area contributed by atoms with Gasteiger partial charge < -0.3 is 15.5 Å². The lowest BCUT2D eigenvalue weighted by Crippen LogP contribution is -2.57. The summed E-state index contributed by atoms with van der Waals surface area (Å²) in [6, 6.07) is 0.259. The van der Waals surface area contributed by atoms with Crippen LogP contribution in [0.4, 0.5) is 0 Å². The lowest BCUT2D eigenvalue weighted by Gasteiger charge is -2.36. The van der Waals surface area contributed by atoms with Gasteiger partial charge in [0.25, 0.3) is 0 Å². The van der Waals surface area contributed by atoms with Gasteiger partial charge in [-0.25, -0.2) is 0 Å². The topological polar surface area (TPSA) is 61.4 Å². The van der Waals surface area contributed by atoms with E-state index in [0.29, 0.717) is 13.1 Å². The molecule has 0 atom stereocenters. The molecule has 2 saturated heterocycles. The van der Waals surface area contributed by atoms with Gasteiger partial charge in [0.15, 0.2) is 0 Å². The normalized spacial score (nSPS) is 25.0. The minimum absolute atomic E-state index is 0.259. The number of carbonyl (C=O) groups is 2. The summed E-state index contributed by atoms with van der Waals surface area (Å²) in [5.74, 6) is -0.807. The lowest BCUT2D eigenvalue weighted by atomic mass is 10.0. The van der Waals surface area contributed by atoms with Gasteiger partial charge in [0, 0.05) is 19.1 Å². The van der Waals surface area contributed by atoms with Gasteiger partial charge in [0.1, 0.15) is 0 Å². The Kier molecular flexibility index (Phi) is 2.67. The number of nitrogens with one attached hydrogen (secondary N) is 2. The number of rotatable bonds is 1. The lowest BCUT2D eigenvalue weighted by molar-refractivity contribution is -0.150. The SMILES string of the molecule is O=C1NCCN(C2CCNCC2)C1=O. The van der Waals surface area contributed by atoms with E-state index in [9.17, 15) is 9.59 Å². The van der Waals surface area contributed by atoms with Crippen LogP contribution in [0, 0.1) is 0 Å². The fourth-order valence-corrected chi connectivity index (χ4v) is 2.06. The van der Waals surface area contributed by atoms with Crippen LogP contribution >= 0.6 is 0 Å². The van der Waals surface area contributed by atoms with E-state index in [2.05, 4.69) is 10.6 Å². The Morgan fingerprint density at radius 1 is 1.14 bits per heavy atom. The highest BCUT2D eigenvalue weighted by molar-refractivity contribution is 6.35. The molecule has 0 aliphatic carbocycles. The van der Waals surface area contributed by atoms with Crippen LogP contribution in [0.3, 0.4) is 0 Å². The molecule has 78 valence electrons. The van der Waals surface area contributed by atoms with Crippen molar-refractivity contribution in [2.24, 2.45) is 0 Å². The molecular weight excluding hydrogens is 182 g/mol. The van der Waals surface area contributed by atoms with Gasteiger partial charge in [-0.05, 0) is 25.9 Å². The molecule has 2 rings (SSSR count). The molecule has 2 fully saturated rings. The van der Waals surface area contributed by atoms with Crippen molar-refractivity contribution >= 4 is 11.8 Å². The van der Waals surface area contributed by atoms with E-state index >= 15 is 0 Å². The highest BCUT2D eigenvalue weighted by Gasteiger charge is 2.31. The number of hydrogen-bond acceptors (Lipinski definition) is 3. The Balaban J connectivity index is 2.00. The molecule has 0 aromatic carbocycles. The summed E-state index contributed by atoms with van der Waals surface area (Å²) >= 11 is 0. The van der Waals surface area contributed by atoms with E-state index in [0.717, 1.165) is 25.9 Å². The molecule has 2 amide bonds. The molecule has 0 aromatic heterocycles. The maximum atomic E-state index is 11.5. The van der Waals surface area contributed by atoms with Crippen molar-refractivity contribution in [3.8, 4) is 0 Å². The average molecular weight is 197 g/mol. The number of piperazine rings is 1. The van der Waals surface area contributed by atoms with E-state index in [-0.39, 0.29) is 11.9 Å². The fraction of sp³-hybridized carbons (Fsp3) is 0.778. The zero-order chi connectivity index (χ0) is 9.97. The monoisotopic (exact) mass is 197 g/mol. The Bertz CT molecular complexity index is 248. The molecule has 0 spiro atoms. The van der Waals surface area contributed by atoms with Crippen molar-refractivity contribution in [2.45, 2.75) is 18.9 Å². The van der Waals surface area contributed by atoms with Crippen LogP contribution < -0.4 is 10.6 Å². The summed E-state index contributed by atoms with van der Waals surface area (Å²) in [6.45, 7) is 3.13. The summed E-state index contributed by atoms with van der Waals surface area (Å²) < 4.78 is 0. The first-order chi connectivity index (χ1) is 6.79. The number of nitrogens with zero attached hydrogens (tertiary/aromatic N) is 1. The molecule has 0 unspecified atom stereocenters. The van der Waals surface area contributed by atoms with E-state index < -0.39 is 5.91 Å². The maximum Gasteiger partial charge on any atom is 0.312 e. The molecule has 2 heterocycles. The molecule has 14 heavy (non-hydrogen) atoms. The van der Waals surface area contributed by atoms with Crippen molar-refractivity contribution in [3.63, 3.8) is 0 Å². The first-order valence-electron chi connectivity index (χ1n) is 5.08. The second kappa shape index (κ2) is 3.96. The van der Waals surface area contributed by atoms with Crippen molar-refractivity contribution in [1.82, 2.24) is 15.5 Å². The third-order valence-corrected chi connectivity index (χ3v) is 2.84. The predicted octanol–water partition coefficient (Wildman–Crippen LogP) is -1.30. The minimum Gasteiger partial charge on any atom is -0.346 e. The van der Waals surface area contributed by atoms with E-state index in [1.165, 1.54) is 0 Å². The van der Waals surface area contributed by atoms with Crippen LogP contribution in [0.1, 0.15) is 12.8 Å². The molecule has 0 radical (unpaired) electrons. The Labute approximate surface area is 82.8 Å². The number of carbonyl (C=O) groups excluding carboxylic acids is 2. The predicted molar refractivity (Wildman–Crippen MR) is 50.6 cm³/mol. The van der Waals surface area contributed by atoms with Gasteiger partial charge in [0.05, 0.1) is 0 Å². The molecule has 2 N–H and O–H groups in total. The van der Waals surface area contributed by atoms with Crippen molar-refractivity contribution in [2.75, 3.05) is 26.2 Å². The number of hydrogen-bond donors (Lipinski definition) is 2. The summed E-state index contributed by atoms with van der Waals surface area (Å²) in [5, 5.41) is 5.80. The standard InChI is InChI=1S/C9H15N3O2/c13-8-9(14)12(6-5-11-8)7-1-3-10-4-2-7/h7,10H,1-6H2,(H,11,13). The zero-order valence-corrected chi connectivity index (χ0v) is 8.08. The third-order valence-electron chi connectivity index (χ3n) is 2.84. The Morgan fingerprint density at radius 2 is 1.86 bits per heavy atom. The number of amides is 2. The average Bonchev–Trinajstić information content (AvgIpc) is 2.23. The largest absolute Gasteiger partial charge is 0.346 e. The van der Waals surface area contributed by atoms with Crippen molar-refractivity contribution < 1.29 is 9.59 Å². The maximum absolute atomic E-state index is 11.5. The van der Waals surface area contributed by atoms with E-state index in [1.807, 2.05) is 0 Å². The quantitative estimate of drug-likeness (QED) is 0.513. The van der Waals surface area contributed by atoms with Crippen LogP contribution in [0.5, 0.6) is 0 Å². The fourth-order valence-electron chi connectivity index (χ4n) is 2.06. The van der Waals surface area contributed by atoms with Crippen LogP contribution in [0.25, 0.3) is 0 Å². The Morgan fingerprint density at radius 3 is 2.57 bits per heavy atom. The molecule has 5 heteroatoms. The van der Waals surface area contributed by atoms with Crippen LogP contribution in [0.15, 0.2) is 0 Å².